The molecule has 3 nitrogen and oxygen atoms in total. The minimum Gasteiger partial charge on any atom is -0.497 e. The number of hydrogen-bond acceptors (Lipinski definition) is 3. The van der Waals surface area contributed by atoms with Crippen LogP contribution in [0, 0.1) is 0 Å². The third kappa shape index (κ3) is 1.58. The first kappa shape index (κ1) is 9.06. The van der Waals surface area contributed by atoms with Crippen molar-refractivity contribution in [1.29, 1.82) is 0 Å². The van der Waals surface area contributed by atoms with Gasteiger partial charge in [0.1, 0.15) is 5.75 Å². The summed E-state index contributed by atoms with van der Waals surface area (Å²) in [6, 6.07) is 5.83. The van der Waals surface area contributed by atoms with Gasteiger partial charge in [0.2, 0.25) is 0 Å². The van der Waals surface area contributed by atoms with Crippen LogP contribution in [0.15, 0.2) is 23.2 Å². The average molecular weight is 190 g/mol. The van der Waals surface area contributed by atoms with Crippen molar-refractivity contribution in [3.8, 4) is 5.75 Å². The summed E-state index contributed by atoms with van der Waals surface area (Å²) in [6.45, 7) is 4.16. The molecule has 0 unspecified atom stereocenters. The quantitative estimate of drug-likeness (QED) is 0.738. The maximum Gasteiger partial charge on any atom is 0.121 e. The number of fused-ring (bicyclic) bond motifs is 1. The normalized spacial score (nSPS) is 17.1. The topological polar surface area (TPSA) is 33.6 Å². The second-order valence-corrected chi connectivity index (χ2v) is 3.99. The third-order valence-corrected chi connectivity index (χ3v) is 2.19. The Balaban J connectivity index is 2.42. The Bertz CT molecular complexity index is 383. The minimum absolute atomic E-state index is 0.0840. The van der Waals surface area contributed by atoms with Crippen molar-refractivity contribution < 1.29 is 4.74 Å². The number of benzene rings is 1. The molecule has 1 aromatic rings. The Hall–Kier alpha value is -1.51. The summed E-state index contributed by atoms with van der Waals surface area (Å²) in [7, 11) is 1.67. The lowest BCUT2D eigenvalue weighted by Gasteiger charge is -2.27. The Morgan fingerprint density at radius 3 is 2.86 bits per heavy atom. The van der Waals surface area contributed by atoms with E-state index >= 15 is 0 Å². The minimum atomic E-state index is -0.0840. The largest absolute Gasteiger partial charge is 0.497 e. The molecule has 74 valence electrons. The van der Waals surface area contributed by atoms with Crippen LogP contribution in [0.1, 0.15) is 13.8 Å². The first-order valence-electron chi connectivity index (χ1n) is 4.62. The van der Waals surface area contributed by atoms with Gasteiger partial charge in [-0.15, -0.1) is 0 Å². The van der Waals surface area contributed by atoms with E-state index in [1.54, 1.807) is 7.11 Å². The van der Waals surface area contributed by atoms with E-state index in [4.69, 9.17) is 4.74 Å². The number of hydrogen-bond donors (Lipinski definition) is 1. The number of nitrogens with zero attached hydrogens (tertiary/aromatic N) is 1. The van der Waals surface area contributed by atoms with Gasteiger partial charge in [0.05, 0.1) is 24.0 Å². The van der Waals surface area contributed by atoms with Crippen LogP contribution in [0.2, 0.25) is 0 Å². The van der Waals surface area contributed by atoms with Crippen LogP contribution in [-0.2, 0) is 0 Å². The Morgan fingerprint density at radius 1 is 1.36 bits per heavy atom. The molecule has 1 N–H and O–H groups in total. The summed E-state index contributed by atoms with van der Waals surface area (Å²) in [5, 5.41) is 3.38. The zero-order valence-corrected chi connectivity index (χ0v) is 8.66. The molecule has 0 atom stereocenters. The van der Waals surface area contributed by atoms with Crippen LogP contribution in [0.5, 0.6) is 5.75 Å². The molecule has 14 heavy (non-hydrogen) atoms. The van der Waals surface area contributed by atoms with Gasteiger partial charge < -0.3 is 10.1 Å². The molecule has 0 fully saturated rings. The maximum absolute atomic E-state index is 5.16. The van der Waals surface area contributed by atoms with Gasteiger partial charge in [-0.05, 0) is 26.0 Å². The third-order valence-electron chi connectivity index (χ3n) is 2.19. The molecule has 0 saturated carbocycles. The van der Waals surface area contributed by atoms with Crippen LogP contribution in [0.4, 0.5) is 11.4 Å². The van der Waals surface area contributed by atoms with Gasteiger partial charge >= 0.3 is 0 Å². The zero-order chi connectivity index (χ0) is 10.2. The van der Waals surface area contributed by atoms with Crippen molar-refractivity contribution in [2.75, 3.05) is 12.4 Å². The molecule has 0 spiro atoms. The summed E-state index contributed by atoms with van der Waals surface area (Å²) in [4.78, 5) is 4.38. The molecule has 0 aliphatic carbocycles. The van der Waals surface area contributed by atoms with E-state index in [0.29, 0.717) is 0 Å². The van der Waals surface area contributed by atoms with Crippen molar-refractivity contribution in [2.45, 2.75) is 19.4 Å². The van der Waals surface area contributed by atoms with Crippen LogP contribution in [0.25, 0.3) is 0 Å². The Morgan fingerprint density at radius 2 is 2.14 bits per heavy atom. The zero-order valence-electron chi connectivity index (χ0n) is 8.66. The van der Waals surface area contributed by atoms with Crippen LogP contribution < -0.4 is 10.1 Å². The van der Waals surface area contributed by atoms with Crippen molar-refractivity contribution in [2.24, 2.45) is 4.99 Å². The molecule has 1 heterocycles. The van der Waals surface area contributed by atoms with E-state index in [9.17, 15) is 0 Å². The predicted octanol–water partition coefficient (Wildman–Crippen LogP) is 2.60. The molecule has 0 saturated heterocycles. The van der Waals surface area contributed by atoms with Crippen LogP contribution >= 0.6 is 0 Å². The second-order valence-electron chi connectivity index (χ2n) is 3.99. The highest BCUT2D eigenvalue weighted by Crippen LogP contribution is 2.34. The van der Waals surface area contributed by atoms with E-state index in [0.717, 1.165) is 17.1 Å². The molecular formula is C11H14N2O. The molecule has 0 amide bonds. The average Bonchev–Trinajstić information content (AvgIpc) is 2.15. The van der Waals surface area contributed by atoms with Gasteiger partial charge in [0.15, 0.2) is 0 Å². The number of ether oxygens (including phenoxy) is 1. The lowest BCUT2D eigenvalue weighted by molar-refractivity contribution is 0.415. The fraction of sp³-hybridized carbons (Fsp3) is 0.364. The number of anilines is 1. The molecular weight excluding hydrogens is 176 g/mol. The lowest BCUT2D eigenvalue weighted by atomic mass is 10.0. The van der Waals surface area contributed by atoms with Gasteiger partial charge in [-0.1, -0.05) is 0 Å². The number of methoxy groups -OCH3 is 1. The fourth-order valence-corrected chi connectivity index (χ4v) is 1.47. The molecule has 0 aromatic heterocycles. The molecule has 1 aliphatic rings. The highest BCUT2D eigenvalue weighted by atomic mass is 16.5. The van der Waals surface area contributed by atoms with Gasteiger partial charge in [-0.2, -0.15) is 0 Å². The van der Waals surface area contributed by atoms with Crippen molar-refractivity contribution >= 4 is 17.6 Å². The van der Waals surface area contributed by atoms with Gasteiger partial charge in [-0.3, -0.25) is 4.99 Å². The first-order valence-corrected chi connectivity index (χ1v) is 4.62. The molecule has 0 bridgehead atoms. The van der Waals surface area contributed by atoms with E-state index in [-0.39, 0.29) is 5.54 Å². The maximum atomic E-state index is 5.16. The fourth-order valence-electron chi connectivity index (χ4n) is 1.47. The first-order chi connectivity index (χ1) is 6.61. The Labute approximate surface area is 83.8 Å². The molecule has 2 rings (SSSR count). The standard InChI is InChI=1S/C11H14N2O/c1-11(2)7-12-9-5-4-8(14-3)6-10(9)13-11/h4-7,13H,1-3H3. The molecule has 3 heteroatoms. The SMILES string of the molecule is COc1ccc2c(c1)NC(C)(C)C=N2. The van der Waals surface area contributed by atoms with E-state index in [1.807, 2.05) is 24.4 Å². The number of aliphatic imine (C=N–C) groups is 1. The van der Waals surface area contributed by atoms with Crippen molar-refractivity contribution in [1.82, 2.24) is 0 Å². The van der Waals surface area contributed by atoms with E-state index in [1.165, 1.54) is 0 Å². The predicted molar refractivity (Wildman–Crippen MR) is 58.8 cm³/mol. The van der Waals surface area contributed by atoms with Gasteiger partial charge in [-0.25, -0.2) is 0 Å². The summed E-state index contributed by atoms with van der Waals surface area (Å²) in [6.07, 6.45) is 1.92. The number of rotatable bonds is 1. The van der Waals surface area contributed by atoms with Crippen molar-refractivity contribution in [3.63, 3.8) is 0 Å². The van der Waals surface area contributed by atoms with Crippen molar-refractivity contribution in [3.05, 3.63) is 18.2 Å². The van der Waals surface area contributed by atoms with Gasteiger partial charge in [0, 0.05) is 12.3 Å². The smallest absolute Gasteiger partial charge is 0.121 e. The molecule has 0 radical (unpaired) electrons. The van der Waals surface area contributed by atoms with E-state index in [2.05, 4.69) is 24.2 Å². The van der Waals surface area contributed by atoms with Gasteiger partial charge in [0.25, 0.3) is 0 Å². The highest BCUT2D eigenvalue weighted by Gasteiger charge is 2.20. The summed E-state index contributed by atoms with van der Waals surface area (Å²) >= 11 is 0. The molecule has 1 aliphatic heterocycles. The second kappa shape index (κ2) is 3.01. The highest BCUT2D eigenvalue weighted by molar-refractivity contribution is 5.86. The molecule has 1 aromatic carbocycles. The van der Waals surface area contributed by atoms with Crippen LogP contribution in [0.3, 0.4) is 0 Å². The van der Waals surface area contributed by atoms with E-state index < -0.39 is 0 Å². The lowest BCUT2D eigenvalue weighted by Crippen LogP contribution is -2.34. The summed E-state index contributed by atoms with van der Waals surface area (Å²) < 4.78 is 5.16. The monoisotopic (exact) mass is 190 g/mol. The summed E-state index contributed by atoms with van der Waals surface area (Å²) in [5.41, 5.74) is 1.90. The van der Waals surface area contributed by atoms with Crippen LogP contribution in [-0.4, -0.2) is 18.9 Å². The number of nitrogens with one attached hydrogen (secondary N) is 1. The summed E-state index contributed by atoms with van der Waals surface area (Å²) in [5.74, 6) is 0.851. The Kier molecular flexibility index (Phi) is 1.95.